The van der Waals surface area contributed by atoms with E-state index in [9.17, 15) is 14.0 Å². The molecule has 1 aliphatic heterocycles. The van der Waals surface area contributed by atoms with Crippen LogP contribution in [0.15, 0.2) is 66.9 Å². The Morgan fingerprint density at radius 3 is 2.73 bits per heavy atom. The highest BCUT2D eigenvalue weighted by Gasteiger charge is 2.33. The number of nitrogens with one attached hydrogen (secondary N) is 3. The molecule has 1 aromatic heterocycles. The SMILES string of the molecule is Cc1ccccc1C1NC(=O)c2cccc(NC(=O)c3cc(F)cc4cc[nH]c34)c21. The number of fused-ring (bicyclic) bond motifs is 2. The molecule has 6 heteroatoms. The standard InChI is InChI=1S/C24H18FN3O2/c1-13-5-2-3-6-16(13)22-20-17(23(29)28-22)7-4-8-19(20)27-24(30)18-12-15(25)11-14-9-10-26-21(14)18/h2-12,22,26H,1H3,(H,27,30)(H,28,29). The summed E-state index contributed by atoms with van der Waals surface area (Å²) in [7, 11) is 0. The zero-order valence-corrected chi connectivity index (χ0v) is 16.1. The monoisotopic (exact) mass is 399 g/mol. The van der Waals surface area contributed by atoms with Gasteiger partial charge in [-0.3, -0.25) is 9.59 Å². The van der Waals surface area contributed by atoms with E-state index < -0.39 is 11.7 Å². The van der Waals surface area contributed by atoms with Gasteiger partial charge in [0, 0.05) is 28.4 Å². The maximum absolute atomic E-state index is 14.0. The topological polar surface area (TPSA) is 74.0 Å². The smallest absolute Gasteiger partial charge is 0.257 e. The van der Waals surface area contributed by atoms with E-state index >= 15 is 0 Å². The largest absolute Gasteiger partial charge is 0.361 e. The molecule has 2 heterocycles. The summed E-state index contributed by atoms with van der Waals surface area (Å²) in [6.45, 7) is 1.98. The molecule has 5 rings (SSSR count). The second-order valence-electron chi connectivity index (χ2n) is 7.38. The minimum absolute atomic E-state index is 0.188. The van der Waals surface area contributed by atoms with Crippen molar-refractivity contribution in [2.24, 2.45) is 0 Å². The number of amides is 2. The molecule has 2 amide bonds. The number of aromatic amines is 1. The highest BCUT2D eigenvalue weighted by molar-refractivity contribution is 6.13. The van der Waals surface area contributed by atoms with Crippen LogP contribution in [-0.2, 0) is 0 Å². The summed E-state index contributed by atoms with van der Waals surface area (Å²) < 4.78 is 14.0. The van der Waals surface area contributed by atoms with Crippen LogP contribution >= 0.6 is 0 Å². The van der Waals surface area contributed by atoms with Crippen molar-refractivity contribution in [2.45, 2.75) is 13.0 Å². The third kappa shape index (κ3) is 2.85. The predicted octanol–water partition coefficient (Wildman–Crippen LogP) is 4.70. The van der Waals surface area contributed by atoms with E-state index in [-0.39, 0.29) is 17.5 Å². The number of carbonyl (C=O) groups is 2. The number of aryl methyl sites for hydroxylation is 1. The van der Waals surface area contributed by atoms with Crippen molar-refractivity contribution < 1.29 is 14.0 Å². The second-order valence-corrected chi connectivity index (χ2v) is 7.38. The lowest BCUT2D eigenvalue weighted by molar-refractivity contribution is 0.0959. The number of carbonyl (C=O) groups excluding carboxylic acids is 2. The first-order valence-electron chi connectivity index (χ1n) is 9.60. The molecular weight excluding hydrogens is 381 g/mol. The molecule has 0 fully saturated rings. The summed E-state index contributed by atoms with van der Waals surface area (Å²) in [5.41, 5.74) is 4.52. The number of aromatic nitrogens is 1. The number of hydrogen-bond donors (Lipinski definition) is 3. The van der Waals surface area contributed by atoms with E-state index in [1.165, 1.54) is 12.1 Å². The van der Waals surface area contributed by atoms with Crippen LogP contribution in [0.4, 0.5) is 10.1 Å². The predicted molar refractivity (Wildman–Crippen MR) is 113 cm³/mol. The molecule has 148 valence electrons. The van der Waals surface area contributed by atoms with Crippen molar-refractivity contribution in [1.29, 1.82) is 0 Å². The van der Waals surface area contributed by atoms with Crippen LogP contribution in [-0.4, -0.2) is 16.8 Å². The molecule has 1 aliphatic rings. The molecule has 0 saturated carbocycles. The Morgan fingerprint density at radius 1 is 1.07 bits per heavy atom. The second kappa shape index (κ2) is 6.84. The summed E-state index contributed by atoms with van der Waals surface area (Å²) in [6.07, 6.45) is 1.66. The average molecular weight is 399 g/mol. The number of rotatable bonds is 3. The van der Waals surface area contributed by atoms with Gasteiger partial charge in [-0.2, -0.15) is 0 Å². The van der Waals surface area contributed by atoms with Gasteiger partial charge < -0.3 is 15.6 Å². The maximum Gasteiger partial charge on any atom is 0.257 e. The first-order chi connectivity index (χ1) is 14.5. The minimum Gasteiger partial charge on any atom is -0.361 e. The van der Waals surface area contributed by atoms with Crippen molar-refractivity contribution in [3.63, 3.8) is 0 Å². The number of halogens is 1. The molecule has 0 aliphatic carbocycles. The molecule has 0 bridgehead atoms. The van der Waals surface area contributed by atoms with Crippen molar-refractivity contribution in [3.05, 3.63) is 100 Å². The van der Waals surface area contributed by atoms with Crippen molar-refractivity contribution in [2.75, 3.05) is 5.32 Å². The van der Waals surface area contributed by atoms with Gasteiger partial charge in [-0.05, 0) is 48.4 Å². The van der Waals surface area contributed by atoms with Gasteiger partial charge in [0.1, 0.15) is 5.82 Å². The molecule has 0 saturated heterocycles. The Labute approximate surface area is 171 Å². The Kier molecular flexibility index (Phi) is 4.13. The van der Waals surface area contributed by atoms with Crippen molar-refractivity contribution in [1.82, 2.24) is 10.3 Å². The molecule has 4 aromatic rings. The zero-order valence-electron chi connectivity index (χ0n) is 16.1. The Morgan fingerprint density at radius 2 is 1.90 bits per heavy atom. The quantitative estimate of drug-likeness (QED) is 0.467. The van der Waals surface area contributed by atoms with E-state index in [1.54, 1.807) is 30.5 Å². The van der Waals surface area contributed by atoms with Gasteiger partial charge in [0.05, 0.1) is 17.1 Å². The third-order valence-electron chi connectivity index (χ3n) is 5.53. The van der Waals surface area contributed by atoms with Gasteiger partial charge in [-0.15, -0.1) is 0 Å². The van der Waals surface area contributed by atoms with Crippen LogP contribution in [0.2, 0.25) is 0 Å². The van der Waals surface area contributed by atoms with Gasteiger partial charge in [0.2, 0.25) is 0 Å². The fraction of sp³-hybridized carbons (Fsp3) is 0.0833. The summed E-state index contributed by atoms with van der Waals surface area (Å²) in [5.74, 6) is -1.12. The van der Waals surface area contributed by atoms with Crippen LogP contribution in [0.25, 0.3) is 10.9 Å². The molecule has 1 atom stereocenters. The van der Waals surface area contributed by atoms with E-state index in [0.29, 0.717) is 27.7 Å². The Bertz CT molecular complexity index is 1330. The first kappa shape index (κ1) is 18.1. The minimum atomic E-state index is -0.486. The molecule has 0 spiro atoms. The summed E-state index contributed by atoms with van der Waals surface area (Å²) in [4.78, 5) is 28.6. The summed E-state index contributed by atoms with van der Waals surface area (Å²) in [6, 6.07) is 17.0. The van der Waals surface area contributed by atoms with Crippen LogP contribution in [0, 0.1) is 12.7 Å². The lowest BCUT2D eigenvalue weighted by Gasteiger charge is -2.18. The van der Waals surface area contributed by atoms with Crippen molar-refractivity contribution >= 4 is 28.4 Å². The highest BCUT2D eigenvalue weighted by Crippen LogP contribution is 2.37. The molecule has 5 nitrogen and oxygen atoms in total. The van der Waals surface area contributed by atoms with Crippen LogP contribution < -0.4 is 10.6 Å². The van der Waals surface area contributed by atoms with Gasteiger partial charge >= 0.3 is 0 Å². The van der Waals surface area contributed by atoms with Crippen molar-refractivity contribution in [3.8, 4) is 0 Å². The molecule has 3 N–H and O–H groups in total. The van der Waals surface area contributed by atoms with Gasteiger partial charge in [-0.1, -0.05) is 30.3 Å². The molecule has 3 aromatic carbocycles. The van der Waals surface area contributed by atoms with Crippen LogP contribution in [0.5, 0.6) is 0 Å². The maximum atomic E-state index is 14.0. The molecule has 30 heavy (non-hydrogen) atoms. The van der Waals surface area contributed by atoms with Crippen LogP contribution in [0.3, 0.4) is 0 Å². The lowest BCUT2D eigenvalue weighted by atomic mass is 9.93. The highest BCUT2D eigenvalue weighted by atomic mass is 19.1. The number of benzene rings is 3. The van der Waals surface area contributed by atoms with Gasteiger partial charge in [-0.25, -0.2) is 4.39 Å². The van der Waals surface area contributed by atoms with Crippen LogP contribution in [0.1, 0.15) is 43.4 Å². The Balaban J connectivity index is 1.58. The fourth-order valence-electron chi connectivity index (χ4n) is 4.11. The van der Waals surface area contributed by atoms with E-state index in [4.69, 9.17) is 0 Å². The zero-order chi connectivity index (χ0) is 20.8. The van der Waals surface area contributed by atoms with Gasteiger partial charge in [0.25, 0.3) is 11.8 Å². The summed E-state index contributed by atoms with van der Waals surface area (Å²) in [5, 5.41) is 6.52. The van der Waals surface area contributed by atoms with E-state index in [1.807, 2.05) is 31.2 Å². The van der Waals surface area contributed by atoms with E-state index in [0.717, 1.165) is 11.1 Å². The number of H-pyrrole nitrogens is 1. The molecule has 1 unspecified atom stereocenters. The van der Waals surface area contributed by atoms with E-state index in [2.05, 4.69) is 15.6 Å². The lowest BCUT2D eigenvalue weighted by Crippen LogP contribution is -2.21. The van der Waals surface area contributed by atoms with Gasteiger partial charge in [0.15, 0.2) is 0 Å². The first-order valence-corrected chi connectivity index (χ1v) is 9.60. The summed E-state index contributed by atoms with van der Waals surface area (Å²) >= 11 is 0. The average Bonchev–Trinajstić information content (AvgIpc) is 3.33. The normalized spacial score (nSPS) is 15.1. The molecular formula is C24H18FN3O2. The fourth-order valence-corrected chi connectivity index (χ4v) is 4.11. The molecule has 0 radical (unpaired) electrons. The number of anilines is 1. The Hall–Kier alpha value is -3.93. The third-order valence-corrected chi connectivity index (χ3v) is 5.53. The number of hydrogen-bond acceptors (Lipinski definition) is 2.